The smallest absolute Gasteiger partial charge is 0.246 e. The summed E-state index contributed by atoms with van der Waals surface area (Å²) in [6, 6.07) is 12.4. The van der Waals surface area contributed by atoms with Crippen LogP contribution in [-0.2, 0) is 9.59 Å². The number of carbonyl (C=O) groups excluding carboxylic acids is 2. The molecule has 2 aromatic carbocycles. The highest BCUT2D eigenvalue weighted by atomic mass is 16.5. The maximum Gasteiger partial charge on any atom is 0.246 e. The van der Waals surface area contributed by atoms with Crippen LogP contribution < -0.4 is 15.4 Å². The third-order valence-corrected chi connectivity index (χ3v) is 4.07. The van der Waals surface area contributed by atoms with Crippen molar-refractivity contribution in [2.24, 2.45) is 0 Å². The Morgan fingerprint density at radius 3 is 2.35 bits per heavy atom. The number of aryl methyl sites for hydroxylation is 2. The monoisotopic (exact) mass is 352 g/mol. The predicted octanol–water partition coefficient (Wildman–Crippen LogP) is 3.47. The van der Waals surface area contributed by atoms with Crippen molar-refractivity contribution >= 4 is 23.6 Å². The summed E-state index contributed by atoms with van der Waals surface area (Å²) in [5.74, 6) is 0.159. The Hall–Kier alpha value is -3.08. The average Bonchev–Trinajstić information content (AvgIpc) is 2.63. The molecule has 0 bridgehead atoms. The fourth-order valence-corrected chi connectivity index (χ4v) is 2.28. The van der Waals surface area contributed by atoms with E-state index in [1.165, 1.54) is 6.08 Å². The Bertz CT molecular complexity index is 811. The molecular weight excluding hydrogens is 328 g/mol. The van der Waals surface area contributed by atoms with E-state index in [-0.39, 0.29) is 11.8 Å². The van der Waals surface area contributed by atoms with Gasteiger partial charge in [-0.2, -0.15) is 0 Å². The van der Waals surface area contributed by atoms with E-state index >= 15 is 0 Å². The fourth-order valence-electron chi connectivity index (χ4n) is 2.28. The maximum absolute atomic E-state index is 12.2. The van der Waals surface area contributed by atoms with Gasteiger partial charge in [0.25, 0.3) is 0 Å². The molecule has 0 aliphatic carbocycles. The molecule has 2 amide bonds. The summed E-state index contributed by atoms with van der Waals surface area (Å²) < 4.78 is 5.09. The van der Waals surface area contributed by atoms with Crippen LogP contribution in [0.3, 0.4) is 0 Å². The molecule has 0 radical (unpaired) electrons. The Morgan fingerprint density at radius 2 is 1.73 bits per heavy atom. The van der Waals surface area contributed by atoms with Crippen molar-refractivity contribution in [2.75, 3.05) is 12.4 Å². The number of nitrogens with one attached hydrogen (secondary N) is 2. The lowest BCUT2D eigenvalue weighted by molar-refractivity contribution is -0.123. The fraction of sp³-hybridized carbons (Fsp3) is 0.238. The third-order valence-electron chi connectivity index (χ3n) is 4.07. The van der Waals surface area contributed by atoms with Gasteiger partial charge < -0.3 is 15.4 Å². The number of carbonyl (C=O) groups is 2. The zero-order chi connectivity index (χ0) is 19.1. The van der Waals surface area contributed by atoms with Crippen LogP contribution in [0.2, 0.25) is 0 Å². The molecular formula is C21H24N2O3. The molecule has 0 aliphatic rings. The van der Waals surface area contributed by atoms with Gasteiger partial charge in [-0.05, 0) is 67.8 Å². The Morgan fingerprint density at radius 1 is 1.04 bits per heavy atom. The second-order valence-corrected chi connectivity index (χ2v) is 6.13. The van der Waals surface area contributed by atoms with E-state index in [1.807, 2.05) is 56.3 Å². The molecule has 136 valence electrons. The summed E-state index contributed by atoms with van der Waals surface area (Å²) in [7, 11) is 1.60. The topological polar surface area (TPSA) is 67.4 Å². The minimum Gasteiger partial charge on any atom is -0.497 e. The van der Waals surface area contributed by atoms with Crippen molar-refractivity contribution in [3.05, 3.63) is 65.2 Å². The first-order valence-electron chi connectivity index (χ1n) is 8.40. The first-order valence-corrected chi connectivity index (χ1v) is 8.40. The number of methoxy groups -OCH3 is 1. The molecule has 2 N–H and O–H groups in total. The van der Waals surface area contributed by atoms with E-state index in [2.05, 4.69) is 10.6 Å². The molecule has 0 aromatic heterocycles. The average molecular weight is 352 g/mol. The molecule has 1 unspecified atom stereocenters. The molecule has 1 atom stereocenters. The van der Waals surface area contributed by atoms with Crippen LogP contribution in [0.4, 0.5) is 5.69 Å². The lowest BCUT2D eigenvalue weighted by Crippen LogP contribution is -2.40. The summed E-state index contributed by atoms with van der Waals surface area (Å²) in [6.07, 6.45) is 3.09. The van der Waals surface area contributed by atoms with E-state index in [0.717, 1.165) is 22.4 Å². The standard InChI is InChI=1S/C21H24N2O3/c1-14-5-9-18(13-15(14)2)23-21(25)16(3)22-20(24)12-8-17-6-10-19(26-4)11-7-17/h5-13,16H,1-4H3,(H,22,24)(H,23,25)/b12-8+. The second-order valence-electron chi connectivity index (χ2n) is 6.13. The van der Waals surface area contributed by atoms with E-state index in [1.54, 1.807) is 20.1 Å². The van der Waals surface area contributed by atoms with Crippen molar-refractivity contribution in [1.82, 2.24) is 5.32 Å². The summed E-state index contributed by atoms with van der Waals surface area (Å²) >= 11 is 0. The van der Waals surface area contributed by atoms with Crippen molar-refractivity contribution < 1.29 is 14.3 Å². The lowest BCUT2D eigenvalue weighted by atomic mass is 10.1. The Labute approximate surface area is 154 Å². The highest BCUT2D eigenvalue weighted by molar-refractivity contribution is 5.99. The van der Waals surface area contributed by atoms with Gasteiger partial charge in [-0.25, -0.2) is 0 Å². The number of rotatable bonds is 6. The van der Waals surface area contributed by atoms with Crippen molar-refractivity contribution in [1.29, 1.82) is 0 Å². The van der Waals surface area contributed by atoms with Gasteiger partial charge in [0.2, 0.25) is 11.8 Å². The van der Waals surface area contributed by atoms with Gasteiger partial charge in [0, 0.05) is 11.8 Å². The highest BCUT2D eigenvalue weighted by Crippen LogP contribution is 2.14. The molecule has 2 aromatic rings. The van der Waals surface area contributed by atoms with E-state index in [4.69, 9.17) is 4.74 Å². The van der Waals surface area contributed by atoms with Gasteiger partial charge in [-0.15, -0.1) is 0 Å². The number of hydrogen-bond donors (Lipinski definition) is 2. The number of hydrogen-bond acceptors (Lipinski definition) is 3. The molecule has 0 saturated carbocycles. The minimum absolute atomic E-state index is 0.264. The zero-order valence-corrected chi connectivity index (χ0v) is 15.5. The SMILES string of the molecule is COc1ccc(/C=C/C(=O)NC(C)C(=O)Nc2ccc(C)c(C)c2)cc1. The van der Waals surface area contributed by atoms with Crippen molar-refractivity contribution in [3.8, 4) is 5.75 Å². The summed E-state index contributed by atoms with van der Waals surface area (Å²) in [5.41, 5.74) is 3.84. The lowest BCUT2D eigenvalue weighted by Gasteiger charge is -2.14. The zero-order valence-electron chi connectivity index (χ0n) is 15.5. The van der Waals surface area contributed by atoms with Crippen molar-refractivity contribution in [2.45, 2.75) is 26.8 Å². The van der Waals surface area contributed by atoms with Crippen LogP contribution in [0.25, 0.3) is 6.08 Å². The van der Waals surface area contributed by atoms with Gasteiger partial charge >= 0.3 is 0 Å². The van der Waals surface area contributed by atoms with Gasteiger partial charge in [-0.3, -0.25) is 9.59 Å². The van der Waals surface area contributed by atoms with Gasteiger partial charge in [-0.1, -0.05) is 18.2 Å². The molecule has 26 heavy (non-hydrogen) atoms. The number of benzene rings is 2. The Kier molecular flexibility index (Phi) is 6.55. The van der Waals surface area contributed by atoms with Gasteiger partial charge in [0.15, 0.2) is 0 Å². The maximum atomic E-state index is 12.2. The van der Waals surface area contributed by atoms with Crippen LogP contribution in [0.1, 0.15) is 23.6 Å². The second kappa shape index (κ2) is 8.85. The van der Waals surface area contributed by atoms with Crippen molar-refractivity contribution in [3.63, 3.8) is 0 Å². The van der Waals surface area contributed by atoms with Gasteiger partial charge in [0.05, 0.1) is 7.11 Å². The molecule has 2 rings (SSSR count). The summed E-state index contributed by atoms with van der Waals surface area (Å²) in [6.45, 7) is 5.65. The van der Waals surface area contributed by atoms with E-state index in [0.29, 0.717) is 5.69 Å². The van der Waals surface area contributed by atoms with E-state index in [9.17, 15) is 9.59 Å². The molecule has 0 aliphatic heterocycles. The number of amides is 2. The van der Waals surface area contributed by atoms with Crippen LogP contribution in [0, 0.1) is 13.8 Å². The predicted molar refractivity (Wildman–Crippen MR) is 104 cm³/mol. The molecule has 0 spiro atoms. The highest BCUT2D eigenvalue weighted by Gasteiger charge is 2.14. The molecule has 5 heteroatoms. The molecule has 5 nitrogen and oxygen atoms in total. The van der Waals surface area contributed by atoms with Crippen LogP contribution in [0.5, 0.6) is 5.75 Å². The summed E-state index contributed by atoms with van der Waals surface area (Å²) in [5, 5.41) is 5.47. The largest absolute Gasteiger partial charge is 0.497 e. The van der Waals surface area contributed by atoms with Crippen LogP contribution in [0.15, 0.2) is 48.5 Å². The quantitative estimate of drug-likeness (QED) is 0.782. The van der Waals surface area contributed by atoms with E-state index < -0.39 is 6.04 Å². The first-order chi connectivity index (χ1) is 12.4. The minimum atomic E-state index is -0.648. The number of ether oxygens (including phenoxy) is 1. The molecule has 0 saturated heterocycles. The first kappa shape index (κ1) is 19.2. The van der Waals surface area contributed by atoms with Crippen LogP contribution in [-0.4, -0.2) is 25.0 Å². The molecule has 0 fully saturated rings. The molecule has 0 heterocycles. The number of anilines is 1. The van der Waals surface area contributed by atoms with Gasteiger partial charge in [0.1, 0.15) is 11.8 Å². The Balaban J connectivity index is 1.89. The summed E-state index contributed by atoms with van der Waals surface area (Å²) in [4.78, 5) is 24.2. The normalized spacial score (nSPS) is 11.8. The third kappa shape index (κ3) is 5.48. The van der Waals surface area contributed by atoms with Crippen LogP contribution >= 0.6 is 0 Å².